The molecule has 3 rings (SSSR count). The van der Waals surface area contributed by atoms with E-state index in [0.717, 1.165) is 22.3 Å². The zero-order valence-electron chi connectivity index (χ0n) is 12.1. The van der Waals surface area contributed by atoms with E-state index in [9.17, 15) is 8.42 Å². The van der Waals surface area contributed by atoms with Gasteiger partial charge in [-0.2, -0.15) is 8.42 Å². The van der Waals surface area contributed by atoms with E-state index in [2.05, 4.69) is 4.99 Å². The van der Waals surface area contributed by atoms with Gasteiger partial charge in [-0.1, -0.05) is 18.2 Å². The lowest BCUT2D eigenvalue weighted by atomic mass is 10.2. The van der Waals surface area contributed by atoms with Crippen molar-refractivity contribution in [1.29, 1.82) is 0 Å². The number of hydrogen-bond donors (Lipinski definition) is 0. The second-order valence-corrected chi connectivity index (χ2v) is 7.60. The maximum Gasteiger partial charge on any atom is 0.266 e. The largest absolute Gasteiger partial charge is 0.463 e. The van der Waals surface area contributed by atoms with Gasteiger partial charge in [-0.3, -0.25) is 0 Å². The molecular weight excluding hydrogens is 322 g/mol. The summed E-state index contributed by atoms with van der Waals surface area (Å²) in [6, 6.07) is 11.3. The number of benzene rings is 1. The highest BCUT2D eigenvalue weighted by Crippen LogP contribution is 2.35. The first kappa shape index (κ1) is 15.2. The van der Waals surface area contributed by atoms with Crippen LogP contribution in [0.2, 0.25) is 0 Å². The van der Waals surface area contributed by atoms with Crippen LogP contribution in [0.3, 0.4) is 0 Å². The van der Waals surface area contributed by atoms with Crippen molar-refractivity contribution in [3.8, 4) is 0 Å². The molecule has 1 aromatic carbocycles. The normalized spacial score (nSPS) is 21.5. The first-order chi connectivity index (χ1) is 10.4. The van der Waals surface area contributed by atoms with Crippen LogP contribution in [0.5, 0.6) is 0 Å². The first-order valence-electron chi connectivity index (χ1n) is 6.65. The van der Waals surface area contributed by atoms with Crippen LogP contribution in [0.15, 0.2) is 46.8 Å². The van der Waals surface area contributed by atoms with Crippen molar-refractivity contribution in [2.45, 2.75) is 19.3 Å². The van der Waals surface area contributed by atoms with Crippen molar-refractivity contribution in [2.24, 2.45) is 4.99 Å². The van der Waals surface area contributed by atoms with Gasteiger partial charge in [0, 0.05) is 5.56 Å². The van der Waals surface area contributed by atoms with Gasteiger partial charge in [0.05, 0.1) is 11.1 Å². The topological polar surface area (TPSA) is 65.0 Å². The second-order valence-electron chi connectivity index (χ2n) is 5.06. The summed E-state index contributed by atoms with van der Waals surface area (Å²) in [6.45, 7) is 1.97. The average molecular weight is 337 g/mol. The van der Waals surface area contributed by atoms with Gasteiger partial charge in [0.15, 0.2) is 6.10 Å². The summed E-state index contributed by atoms with van der Waals surface area (Å²) >= 11 is 1.50. The molecule has 1 aliphatic heterocycles. The number of ether oxygens (including phenoxy) is 1. The third kappa shape index (κ3) is 3.37. The van der Waals surface area contributed by atoms with Crippen LogP contribution in [-0.2, 0) is 19.0 Å². The lowest BCUT2D eigenvalue weighted by molar-refractivity contribution is 0.0901. The van der Waals surface area contributed by atoms with Gasteiger partial charge >= 0.3 is 0 Å². The van der Waals surface area contributed by atoms with Crippen LogP contribution >= 0.6 is 11.3 Å². The highest BCUT2D eigenvalue weighted by atomic mass is 32.2. The van der Waals surface area contributed by atoms with E-state index in [0.29, 0.717) is 5.90 Å². The molecule has 7 heteroatoms. The van der Waals surface area contributed by atoms with Crippen LogP contribution in [0, 0.1) is 6.92 Å². The maximum atomic E-state index is 11.5. The minimum atomic E-state index is -3.63. The lowest BCUT2D eigenvalue weighted by Crippen LogP contribution is -2.20. The monoisotopic (exact) mass is 337 g/mol. The Morgan fingerprint density at radius 1 is 1.27 bits per heavy atom. The summed E-state index contributed by atoms with van der Waals surface area (Å²) in [7, 11) is -3.63. The molecule has 0 bridgehead atoms. The van der Waals surface area contributed by atoms with E-state index in [-0.39, 0.29) is 0 Å². The second kappa shape index (κ2) is 5.83. The molecular formula is C15H15NO4S2. The van der Waals surface area contributed by atoms with E-state index in [1.807, 2.05) is 48.7 Å². The van der Waals surface area contributed by atoms with E-state index in [4.69, 9.17) is 8.92 Å². The highest BCUT2D eigenvalue weighted by molar-refractivity contribution is 7.86. The lowest BCUT2D eigenvalue weighted by Gasteiger charge is -2.15. The molecule has 0 unspecified atom stereocenters. The number of aryl methyl sites for hydroxylation is 1. The van der Waals surface area contributed by atoms with Crippen molar-refractivity contribution in [1.82, 2.24) is 0 Å². The van der Waals surface area contributed by atoms with Crippen LogP contribution < -0.4 is 0 Å². The Hall–Kier alpha value is -1.70. The highest BCUT2D eigenvalue weighted by Gasteiger charge is 2.37. The Morgan fingerprint density at radius 3 is 2.59 bits per heavy atom. The summed E-state index contributed by atoms with van der Waals surface area (Å²) in [6.07, 6.45) is -0.438. The number of nitrogens with zero attached hydrogens (tertiary/aromatic N) is 1. The van der Waals surface area contributed by atoms with Crippen molar-refractivity contribution < 1.29 is 17.3 Å². The molecule has 0 aliphatic carbocycles. The fourth-order valence-corrected chi connectivity index (χ4v) is 3.61. The summed E-state index contributed by atoms with van der Waals surface area (Å²) in [5.74, 6) is 0.394. The van der Waals surface area contributed by atoms with Gasteiger partial charge in [0.1, 0.15) is 0 Å². The van der Waals surface area contributed by atoms with Crippen LogP contribution in [-0.4, -0.2) is 26.8 Å². The molecule has 2 atom stereocenters. The Bertz CT molecular complexity index is 796. The summed E-state index contributed by atoms with van der Waals surface area (Å²) in [4.78, 5) is 5.20. The Balaban J connectivity index is 1.94. The van der Waals surface area contributed by atoms with Crippen molar-refractivity contribution in [3.05, 3.63) is 57.8 Å². The summed E-state index contributed by atoms with van der Waals surface area (Å²) in [5.41, 5.74) is 1.88. The fraction of sp³-hybridized carbons (Fsp3) is 0.267. The SMILES string of the molecule is Cc1csc([C@@H]2OC(c3ccccc3)=N[C@@H]2OS(C)(=O)=O)c1. The molecule has 2 heterocycles. The smallest absolute Gasteiger partial charge is 0.266 e. The van der Waals surface area contributed by atoms with E-state index >= 15 is 0 Å². The molecule has 5 nitrogen and oxygen atoms in total. The molecule has 22 heavy (non-hydrogen) atoms. The van der Waals surface area contributed by atoms with Crippen LogP contribution in [0.25, 0.3) is 0 Å². The summed E-state index contributed by atoms with van der Waals surface area (Å²) < 4.78 is 33.9. The molecule has 0 spiro atoms. The van der Waals surface area contributed by atoms with Gasteiger partial charge < -0.3 is 4.74 Å². The minimum absolute atomic E-state index is 0.394. The van der Waals surface area contributed by atoms with Gasteiger partial charge in [-0.15, -0.1) is 11.3 Å². The van der Waals surface area contributed by atoms with Crippen LogP contribution in [0.4, 0.5) is 0 Å². The van der Waals surface area contributed by atoms with E-state index in [1.54, 1.807) is 0 Å². The van der Waals surface area contributed by atoms with Gasteiger partial charge in [0.25, 0.3) is 10.1 Å². The molecule has 0 radical (unpaired) electrons. The van der Waals surface area contributed by atoms with Gasteiger partial charge in [-0.05, 0) is 36.1 Å². The first-order valence-corrected chi connectivity index (χ1v) is 9.35. The number of rotatable bonds is 4. The Kier molecular flexibility index (Phi) is 4.03. The third-order valence-electron chi connectivity index (χ3n) is 3.07. The maximum absolute atomic E-state index is 11.5. The molecule has 0 amide bonds. The molecule has 2 aromatic rings. The van der Waals surface area contributed by atoms with Gasteiger partial charge in [0.2, 0.25) is 12.1 Å². The van der Waals surface area contributed by atoms with Gasteiger partial charge in [-0.25, -0.2) is 9.18 Å². The third-order valence-corrected chi connectivity index (χ3v) is 4.73. The molecule has 0 fully saturated rings. The molecule has 1 aliphatic rings. The number of aliphatic imine (C=N–C) groups is 1. The fourth-order valence-electron chi connectivity index (χ4n) is 2.17. The summed E-state index contributed by atoms with van der Waals surface area (Å²) in [5, 5.41) is 1.98. The van der Waals surface area contributed by atoms with E-state index in [1.165, 1.54) is 11.3 Å². The molecule has 0 saturated heterocycles. The average Bonchev–Trinajstić information content (AvgIpc) is 3.04. The predicted molar refractivity (Wildman–Crippen MR) is 85.6 cm³/mol. The van der Waals surface area contributed by atoms with Crippen molar-refractivity contribution in [2.75, 3.05) is 6.26 Å². The Labute approximate surface area is 133 Å². The number of hydrogen-bond acceptors (Lipinski definition) is 6. The molecule has 116 valence electrons. The molecule has 0 saturated carbocycles. The van der Waals surface area contributed by atoms with Crippen molar-refractivity contribution in [3.63, 3.8) is 0 Å². The zero-order valence-corrected chi connectivity index (χ0v) is 13.7. The Morgan fingerprint density at radius 2 is 2.00 bits per heavy atom. The van der Waals surface area contributed by atoms with Crippen LogP contribution in [0.1, 0.15) is 22.1 Å². The number of thiophene rings is 1. The quantitative estimate of drug-likeness (QED) is 0.805. The zero-order chi connectivity index (χ0) is 15.7. The molecule has 0 N–H and O–H groups in total. The standard InChI is InChI=1S/C15H15NO4S2/c1-10-8-12(21-9-10)13-15(20-22(2,17)18)16-14(19-13)11-6-4-3-5-7-11/h3-9,13,15H,1-2H3/t13-,15+/m0/s1. The van der Waals surface area contributed by atoms with Crippen molar-refractivity contribution >= 4 is 27.4 Å². The predicted octanol–water partition coefficient (Wildman–Crippen LogP) is 2.88. The minimum Gasteiger partial charge on any atom is -0.463 e. The molecule has 1 aromatic heterocycles. The van der Waals surface area contributed by atoms with E-state index < -0.39 is 22.4 Å².